The molecule has 0 amide bonds. The first-order valence-corrected chi connectivity index (χ1v) is 11.6. The Kier molecular flexibility index (Phi) is 5.97. The summed E-state index contributed by atoms with van der Waals surface area (Å²) in [7, 11) is -3.65. The summed E-state index contributed by atoms with van der Waals surface area (Å²) in [5.41, 5.74) is 2.15. The van der Waals surface area contributed by atoms with Gasteiger partial charge in [0.25, 0.3) is 0 Å². The van der Waals surface area contributed by atoms with E-state index < -0.39 is 15.8 Å². The third kappa shape index (κ3) is 4.57. The number of aryl methyl sites for hydroxylation is 2. The van der Waals surface area contributed by atoms with Gasteiger partial charge in [-0.1, -0.05) is 6.07 Å². The van der Waals surface area contributed by atoms with Gasteiger partial charge < -0.3 is 5.32 Å². The van der Waals surface area contributed by atoms with E-state index in [4.69, 9.17) is 0 Å². The first-order chi connectivity index (χ1) is 14.8. The molecule has 0 spiro atoms. The summed E-state index contributed by atoms with van der Waals surface area (Å²) in [4.78, 5) is 13.4. The topological polar surface area (TPSA) is 88.1 Å². The highest BCUT2D eigenvalue weighted by Gasteiger charge is 2.31. The monoisotopic (exact) mass is 441 g/mol. The molecule has 7 nitrogen and oxygen atoms in total. The van der Waals surface area contributed by atoms with Crippen molar-refractivity contribution >= 4 is 21.7 Å². The molecule has 4 rings (SSSR count). The Bertz CT molecular complexity index is 1190. The lowest BCUT2D eigenvalue weighted by atomic mass is 9.95. The molecule has 3 heterocycles. The zero-order chi connectivity index (χ0) is 22.0. The van der Waals surface area contributed by atoms with E-state index in [2.05, 4.69) is 20.3 Å². The molecule has 3 aromatic rings. The molecule has 9 heteroatoms. The predicted molar refractivity (Wildman–Crippen MR) is 116 cm³/mol. The van der Waals surface area contributed by atoms with E-state index in [9.17, 15) is 12.8 Å². The minimum absolute atomic E-state index is 0.112. The Balaban J connectivity index is 1.45. The molecular formula is C22H24FN5O2S. The van der Waals surface area contributed by atoms with E-state index >= 15 is 0 Å². The number of pyridine rings is 1. The number of nitrogens with one attached hydrogen (secondary N) is 1. The number of halogens is 1. The number of hydrogen-bond acceptors (Lipinski definition) is 6. The summed E-state index contributed by atoms with van der Waals surface area (Å²) in [5.74, 6) is 1.03. The van der Waals surface area contributed by atoms with Crippen LogP contribution in [-0.2, 0) is 10.0 Å². The van der Waals surface area contributed by atoms with Crippen molar-refractivity contribution in [1.82, 2.24) is 19.3 Å². The number of sulfonamides is 1. The zero-order valence-corrected chi connectivity index (χ0v) is 18.2. The Morgan fingerprint density at radius 1 is 1.10 bits per heavy atom. The molecule has 1 N–H and O–H groups in total. The van der Waals surface area contributed by atoms with Crippen molar-refractivity contribution in [2.75, 3.05) is 18.4 Å². The van der Waals surface area contributed by atoms with E-state index in [1.165, 1.54) is 22.5 Å². The van der Waals surface area contributed by atoms with Crippen molar-refractivity contribution in [1.29, 1.82) is 0 Å². The zero-order valence-electron chi connectivity index (χ0n) is 17.4. The fraction of sp³-hybridized carbons (Fsp3) is 0.318. The van der Waals surface area contributed by atoms with Crippen LogP contribution in [0.4, 0.5) is 16.0 Å². The Morgan fingerprint density at radius 3 is 2.58 bits per heavy atom. The largest absolute Gasteiger partial charge is 0.323 e. The quantitative estimate of drug-likeness (QED) is 0.645. The molecule has 1 aliphatic rings. The minimum Gasteiger partial charge on any atom is -0.323 e. The third-order valence-corrected chi connectivity index (χ3v) is 7.44. The summed E-state index contributed by atoms with van der Waals surface area (Å²) >= 11 is 0. The summed E-state index contributed by atoms with van der Waals surface area (Å²) < 4.78 is 40.9. The smallest absolute Gasteiger partial charge is 0.243 e. The molecule has 1 aliphatic heterocycles. The average molecular weight is 442 g/mol. The van der Waals surface area contributed by atoms with Crippen molar-refractivity contribution in [2.45, 2.75) is 37.5 Å². The molecule has 0 unspecified atom stereocenters. The number of anilines is 2. The van der Waals surface area contributed by atoms with Crippen LogP contribution in [0.3, 0.4) is 0 Å². The fourth-order valence-electron chi connectivity index (χ4n) is 3.69. The van der Waals surface area contributed by atoms with Gasteiger partial charge in [0.2, 0.25) is 10.0 Å². The van der Waals surface area contributed by atoms with Gasteiger partial charge in [0.15, 0.2) is 0 Å². The van der Waals surface area contributed by atoms with Crippen molar-refractivity contribution in [2.24, 2.45) is 0 Å². The van der Waals surface area contributed by atoms with Gasteiger partial charge in [0.05, 0.1) is 16.8 Å². The molecule has 0 aliphatic carbocycles. The van der Waals surface area contributed by atoms with Gasteiger partial charge in [-0.25, -0.2) is 22.8 Å². The van der Waals surface area contributed by atoms with Gasteiger partial charge in [-0.2, -0.15) is 4.31 Å². The van der Waals surface area contributed by atoms with Gasteiger partial charge in [-0.3, -0.25) is 4.98 Å². The number of hydrogen-bond donors (Lipinski definition) is 1. The van der Waals surface area contributed by atoms with E-state index in [-0.39, 0.29) is 10.8 Å². The van der Waals surface area contributed by atoms with Gasteiger partial charge in [-0.05, 0) is 62.1 Å². The third-order valence-electron chi connectivity index (χ3n) is 5.55. The van der Waals surface area contributed by atoms with Crippen LogP contribution in [-0.4, -0.2) is 40.8 Å². The molecule has 1 saturated heterocycles. The second-order valence-electron chi connectivity index (χ2n) is 7.71. The molecular weight excluding hydrogens is 417 g/mol. The van der Waals surface area contributed by atoms with Crippen molar-refractivity contribution in [3.63, 3.8) is 0 Å². The van der Waals surface area contributed by atoms with E-state index in [1.54, 1.807) is 25.5 Å². The maximum atomic E-state index is 13.5. The molecule has 1 aromatic carbocycles. The minimum atomic E-state index is -3.65. The molecule has 0 radical (unpaired) electrons. The molecule has 31 heavy (non-hydrogen) atoms. The SMILES string of the molecule is Cc1cc(S(=O)(=O)N2CCC(c3cncc(Nc4ncccc4C)n3)CC2)ccc1F. The standard InChI is InChI=1S/C22H24FN5O2S/c1-15-4-3-9-25-22(15)27-21-14-24-13-20(26-21)17-7-10-28(11-8-17)31(29,30)18-5-6-19(23)16(2)12-18/h3-6,9,12-14,17H,7-8,10-11H2,1-2H3,(H,25,26,27). The molecule has 0 bridgehead atoms. The average Bonchev–Trinajstić information content (AvgIpc) is 2.77. The lowest BCUT2D eigenvalue weighted by Gasteiger charge is -2.31. The molecule has 1 fully saturated rings. The summed E-state index contributed by atoms with van der Waals surface area (Å²) in [6, 6.07) is 7.75. The van der Waals surface area contributed by atoms with Gasteiger partial charge in [0, 0.05) is 31.4 Å². The van der Waals surface area contributed by atoms with Gasteiger partial charge in [0.1, 0.15) is 17.5 Å². The Labute approximate surface area is 181 Å². The fourth-order valence-corrected chi connectivity index (χ4v) is 5.25. The number of aromatic nitrogens is 3. The normalized spacial score (nSPS) is 15.7. The predicted octanol–water partition coefficient (Wildman–Crippen LogP) is 3.94. The maximum absolute atomic E-state index is 13.5. The highest BCUT2D eigenvalue weighted by atomic mass is 32.2. The lowest BCUT2D eigenvalue weighted by molar-refractivity contribution is 0.316. The van der Waals surface area contributed by atoms with Crippen LogP contribution in [0.15, 0.2) is 53.8 Å². The van der Waals surface area contributed by atoms with Gasteiger partial charge >= 0.3 is 0 Å². The molecule has 0 atom stereocenters. The number of benzene rings is 1. The maximum Gasteiger partial charge on any atom is 0.243 e. The summed E-state index contributed by atoms with van der Waals surface area (Å²) in [6.45, 7) is 4.28. The van der Waals surface area contributed by atoms with Crippen LogP contribution in [0.5, 0.6) is 0 Å². The van der Waals surface area contributed by atoms with Crippen LogP contribution in [0, 0.1) is 19.7 Å². The van der Waals surface area contributed by atoms with E-state index in [1.807, 2.05) is 19.1 Å². The van der Waals surface area contributed by atoms with Crippen molar-refractivity contribution in [3.8, 4) is 0 Å². The summed E-state index contributed by atoms with van der Waals surface area (Å²) in [5, 5.41) is 3.19. The lowest BCUT2D eigenvalue weighted by Crippen LogP contribution is -2.38. The Hall–Kier alpha value is -2.91. The summed E-state index contributed by atoms with van der Waals surface area (Å²) in [6.07, 6.45) is 6.37. The Morgan fingerprint density at radius 2 is 1.87 bits per heavy atom. The molecule has 162 valence electrons. The van der Waals surface area contributed by atoms with E-state index in [0.29, 0.717) is 37.3 Å². The first-order valence-electron chi connectivity index (χ1n) is 10.1. The first kappa shape index (κ1) is 21.3. The highest BCUT2D eigenvalue weighted by molar-refractivity contribution is 7.89. The number of nitrogens with zero attached hydrogens (tertiary/aromatic N) is 4. The van der Waals surface area contributed by atoms with Crippen molar-refractivity contribution < 1.29 is 12.8 Å². The van der Waals surface area contributed by atoms with Crippen LogP contribution in [0.2, 0.25) is 0 Å². The van der Waals surface area contributed by atoms with Crippen LogP contribution < -0.4 is 5.32 Å². The van der Waals surface area contributed by atoms with Crippen LogP contribution in [0.1, 0.15) is 35.6 Å². The van der Waals surface area contributed by atoms with Crippen molar-refractivity contribution in [3.05, 3.63) is 71.6 Å². The molecule has 2 aromatic heterocycles. The van der Waals surface area contributed by atoms with Crippen LogP contribution >= 0.6 is 0 Å². The van der Waals surface area contributed by atoms with E-state index in [0.717, 1.165) is 17.1 Å². The second kappa shape index (κ2) is 8.68. The second-order valence-corrected chi connectivity index (χ2v) is 9.65. The van der Waals surface area contributed by atoms with Crippen LogP contribution in [0.25, 0.3) is 0 Å². The highest BCUT2D eigenvalue weighted by Crippen LogP contribution is 2.30. The number of rotatable bonds is 5. The van der Waals surface area contributed by atoms with Gasteiger partial charge in [-0.15, -0.1) is 0 Å². The number of piperidine rings is 1. The molecule has 0 saturated carbocycles.